The fraction of sp³-hybridized carbons (Fsp3) is 0.400. The van der Waals surface area contributed by atoms with Crippen LogP contribution in [0.4, 0.5) is 4.39 Å². The number of halogens is 2. The average Bonchev–Trinajstić information content (AvgIpc) is 2.07. The van der Waals surface area contributed by atoms with Gasteiger partial charge in [0.15, 0.2) is 0 Å². The zero-order valence-corrected chi connectivity index (χ0v) is 8.16. The topological polar surface area (TPSA) is 12.0 Å². The molecule has 2 rings (SSSR count). The van der Waals surface area contributed by atoms with Crippen LogP contribution in [0.2, 0.25) is 5.02 Å². The molecular formula is C10H11ClFN. The number of fused-ring (bicyclic) bond motifs is 1. The second kappa shape index (κ2) is 3.28. The monoisotopic (exact) mass is 199 g/mol. The third-order valence-corrected chi connectivity index (χ3v) is 2.71. The molecule has 0 bridgehead atoms. The third kappa shape index (κ3) is 1.56. The van der Waals surface area contributed by atoms with Crippen molar-refractivity contribution < 1.29 is 4.39 Å². The molecular weight excluding hydrogens is 189 g/mol. The first kappa shape index (κ1) is 8.97. The van der Waals surface area contributed by atoms with Gasteiger partial charge in [-0.05, 0) is 43.1 Å². The fourth-order valence-corrected chi connectivity index (χ4v) is 2.01. The smallest absolute Gasteiger partial charge is 0.128 e. The molecule has 0 aliphatic carbocycles. The molecule has 0 saturated heterocycles. The Morgan fingerprint density at radius 1 is 1.54 bits per heavy atom. The highest BCUT2D eigenvalue weighted by Gasteiger charge is 2.19. The standard InChI is InChI=1S/C10H11ClFN/c1-6-9-4-7(11)5-10(12)8(9)2-3-13-6/h4-6,13H,2-3H2,1H3. The van der Waals surface area contributed by atoms with Gasteiger partial charge in [0.05, 0.1) is 0 Å². The molecule has 0 amide bonds. The summed E-state index contributed by atoms with van der Waals surface area (Å²) in [5.74, 6) is -0.171. The summed E-state index contributed by atoms with van der Waals surface area (Å²) >= 11 is 5.78. The summed E-state index contributed by atoms with van der Waals surface area (Å²) in [4.78, 5) is 0. The molecule has 1 unspecified atom stereocenters. The van der Waals surface area contributed by atoms with E-state index in [9.17, 15) is 4.39 Å². The largest absolute Gasteiger partial charge is 0.310 e. The van der Waals surface area contributed by atoms with E-state index in [1.54, 1.807) is 0 Å². The molecule has 70 valence electrons. The van der Waals surface area contributed by atoms with E-state index in [0.29, 0.717) is 5.02 Å². The van der Waals surface area contributed by atoms with Crippen LogP contribution >= 0.6 is 11.6 Å². The van der Waals surface area contributed by atoms with Crippen LogP contribution in [-0.2, 0) is 6.42 Å². The molecule has 0 radical (unpaired) electrons. The van der Waals surface area contributed by atoms with Gasteiger partial charge in [0.2, 0.25) is 0 Å². The molecule has 1 aliphatic heterocycles. The molecule has 3 heteroatoms. The highest BCUT2D eigenvalue weighted by atomic mass is 35.5. The van der Waals surface area contributed by atoms with Gasteiger partial charge in [-0.3, -0.25) is 0 Å². The summed E-state index contributed by atoms with van der Waals surface area (Å²) in [7, 11) is 0. The number of hydrogen-bond acceptors (Lipinski definition) is 1. The van der Waals surface area contributed by atoms with E-state index < -0.39 is 0 Å². The molecule has 1 aromatic rings. The Morgan fingerprint density at radius 2 is 2.31 bits per heavy atom. The van der Waals surface area contributed by atoms with Gasteiger partial charge in [0.25, 0.3) is 0 Å². The molecule has 1 nitrogen and oxygen atoms in total. The molecule has 0 aromatic heterocycles. The maximum atomic E-state index is 13.4. The molecule has 1 atom stereocenters. The van der Waals surface area contributed by atoms with Gasteiger partial charge < -0.3 is 5.32 Å². The van der Waals surface area contributed by atoms with Gasteiger partial charge in [-0.2, -0.15) is 0 Å². The summed E-state index contributed by atoms with van der Waals surface area (Å²) < 4.78 is 13.4. The second-order valence-corrected chi connectivity index (χ2v) is 3.82. The molecule has 1 aromatic carbocycles. The first-order valence-corrected chi connectivity index (χ1v) is 4.77. The maximum absolute atomic E-state index is 13.4. The van der Waals surface area contributed by atoms with Gasteiger partial charge in [-0.1, -0.05) is 11.6 Å². The van der Waals surface area contributed by atoms with Crippen molar-refractivity contribution in [2.45, 2.75) is 19.4 Å². The highest BCUT2D eigenvalue weighted by Crippen LogP contribution is 2.27. The Morgan fingerprint density at radius 3 is 3.08 bits per heavy atom. The van der Waals surface area contributed by atoms with Crippen molar-refractivity contribution in [3.05, 3.63) is 34.1 Å². The summed E-state index contributed by atoms with van der Waals surface area (Å²) in [6.45, 7) is 2.86. The highest BCUT2D eigenvalue weighted by molar-refractivity contribution is 6.30. The number of benzene rings is 1. The molecule has 1 N–H and O–H groups in total. The maximum Gasteiger partial charge on any atom is 0.128 e. The number of nitrogens with one attached hydrogen (secondary N) is 1. The average molecular weight is 200 g/mol. The van der Waals surface area contributed by atoms with Crippen LogP contribution < -0.4 is 5.32 Å². The Labute approximate surface area is 81.9 Å². The van der Waals surface area contributed by atoms with Crippen molar-refractivity contribution in [3.63, 3.8) is 0 Å². The van der Waals surface area contributed by atoms with Crippen molar-refractivity contribution in [2.75, 3.05) is 6.54 Å². The van der Waals surface area contributed by atoms with Crippen molar-refractivity contribution in [2.24, 2.45) is 0 Å². The minimum Gasteiger partial charge on any atom is -0.310 e. The first-order valence-electron chi connectivity index (χ1n) is 4.39. The minimum atomic E-state index is -0.171. The zero-order chi connectivity index (χ0) is 9.42. The van der Waals surface area contributed by atoms with Crippen LogP contribution in [-0.4, -0.2) is 6.54 Å². The molecule has 1 heterocycles. The van der Waals surface area contributed by atoms with Crippen molar-refractivity contribution in [1.29, 1.82) is 0 Å². The van der Waals surface area contributed by atoms with Crippen LogP contribution in [0.3, 0.4) is 0 Å². The SMILES string of the molecule is CC1NCCc2c(F)cc(Cl)cc21. The Hall–Kier alpha value is -0.600. The second-order valence-electron chi connectivity index (χ2n) is 3.38. The van der Waals surface area contributed by atoms with E-state index in [-0.39, 0.29) is 11.9 Å². The fourth-order valence-electron chi connectivity index (χ4n) is 1.80. The molecule has 0 fully saturated rings. The van der Waals surface area contributed by atoms with Crippen LogP contribution in [0, 0.1) is 5.82 Å². The number of rotatable bonds is 0. The van der Waals surface area contributed by atoms with Crippen LogP contribution in [0.15, 0.2) is 12.1 Å². The van der Waals surface area contributed by atoms with Gasteiger partial charge in [-0.25, -0.2) is 4.39 Å². The Balaban J connectivity index is 2.56. The molecule has 0 spiro atoms. The number of hydrogen-bond donors (Lipinski definition) is 1. The lowest BCUT2D eigenvalue weighted by molar-refractivity contribution is 0.513. The third-order valence-electron chi connectivity index (χ3n) is 2.49. The van der Waals surface area contributed by atoms with Crippen molar-refractivity contribution in [1.82, 2.24) is 5.32 Å². The van der Waals surface area contributed by atoms with Gasteiger partial charge in [0, 0.05) is 11.1 Å². The quantitative estimate of drug-likeness (QED) is 0.678. The zero-order valence-electron chi connectivity index (χ0n) is 7.40. The van der Waals surface area contributed by atoms with Gasteiger partial charge >= 0.3 is 0 Å². The van der Waals surface area contributed by atoms with E-state index in [1.165, 1.54) is 6.07 Å². The lowest BCUT2D eigenvalue weighted by Gasteiger charge is -2.24. The summed E-state index contributed by atoms with van der Waals surface area (Å²) in [6, 6.07) is 3.44. The lowest BCUT2D eigenvalue weighted by Crippen LogP contribution is -2.28. The minimum absolute atomic E-state index is 0.171. The van der Waals surface area contributed by atoms with Gasteiger partial charge in [0.1, 0.15) is 5.82 Å². The van der Waals surface area contributed by atoms with E-state index >= 15 is 0 Å². The molecule has 0 saturated carbocycles. The first-order chi connectivity index (χ1) is 6.18. The Bertz CT molecular complexity index is 338. The predicted molar refractivity (Wildman–Crippen MR) is 51.5 cm³/mol. The van der Waals surface area contributed by atoms with Crippen LogP contribution in [0.1, 0.15) is 24.1 Å². The van der Waals surface area contributed by atoms with E-state index in [2.05, 4.69) is 5.32 Å². The van der Waals surface area contributed by atoms with E-state index in [0.717, 1.165) is 24.1 Å². The van der Waals surface area contributed by atoms with Crippen molar-refractivity contribution in [3.8, 4) is 0 Å². The van der Waals surface area contributed by atoms with Gasteiger partial charge in [-0.15, -0.1) is 0 Å². The van der Waals surface area contributed by atoms with Crippen molar-refractivity contribution >= 4 is 11.6 Å². The molecule has 1 aliphatic rings. The van der Waals surface area contributed by atoms with Crippen LogP contribution in [0.25, 0.3) is 0 Å². The van der Waals surface area contributed by atoms with Crippen LogP contribution in [0.5, 0.6) is 0 Å². The summed E-state index contributed by atoms with van der Waals surface area (Å²) in [5, 5.41) is 3.75. The summed E-state index contributed by atoms with van der Waals surface area (Å²) in [5.41, 5.74) is 1.81. The van der Waals surface area contributed by atoms with E-state index in [1.807, 2.05) is 13.0 Å². The Kier molecular flexibility index (Phi) is 2.26. The molecule has 13 heavy (non-hydrogen) atoms. The lowest BCUT2D eigenvalue weighted by atomic mass is 9.95. The summed E-state index contributed by atoms with van der Waals surface area (Å²) in [6.07, 6.45) is 0.753. The predicted octanol–water partition coefficient (Wildman–Crippen LogP) is 2.69. The van der Waals surface area contributed by atoms with E-state index in [4.69, 9.17) is 11.6 Å². The normalized spacial score (nSPS) is 21.3.